The molecule has 69 heavy (non-hydrogen) atoms. The Balaban J connectivity index is 0.910. The molecule has 0 N–H and O–H groups in total. The highest BCUT2D eigenvalue weighted by Gasteiger charge is 2.46. The minimum Gasteiger partial charge on any atom is -0.310 e. The second-order valence-corrected chi connectivity index (χ2v) is 18.0. The van der Waals surface area contributed by atoms with Gasteiger partial charge in [0.2, 0.25) is 0 Å². The Kier molecular flexibility index (Phi) is 9.77. The summed E-state index contributed by atoms with van der Waals surface area (Å²) in [7, 11) is 0. The summed E-state index contributed by atoms with van der Waals surface area (Å²) in [6.07, 6.45) is 0. The van der Waals surface area contributed by atoms with Gasteiger partial charge in [0, 0.05) is 33.5 Å². The predicted octanol–water partition coefficient (Wildman–Crippen LogP) is 17.6. The molecular formula is C67H46N2. The Hall–Kier alpha value is -8.98. The molecule has 1 aliphatic rings. The molecule has 0 spiro atoms. The van der Waals surface area contributed by atoms with Crippen molar-refractivity contribution in [2.45, 2.75) is 5.41 Å². The van der Waals surface area contributed by atoms with Gasteiger partial charge >= 0.3 is 0 Å². The predicted molar refractivity (Wildman–Crippen MR) is 289 cm³/mol. The van der Waals surface area contributed by atoms with Crippen LogP contribution >= 0.6 is 0 Å². The maximum Gasteiger partial charge on any atom is 0.0714 e. The number of anilines is 3. The summed E-state index contributed by atoms with van der Waals surface area (Å²) >= 11 is 0. The molecule has 11 aromatic carbocycles. The molecule has 324 valence electrons. The summed E-state index contributed by atoms with van der Waals surface area (Å²) in [6.45, 7) is 0. The molecule has 0 aliphatic heterocycles. The highest BCUT2D eigenvalue weighted by Crippen LogP contribution is 2.56. The van der Waals surface area contributed by atoms with E-state index in [0.29, 0.717) is 0 Å². The van der Waals surface area contributed by atoms with E-state index >= 15 is 0 Å². The normalized spacial score (nSPS) is 12.5. The van der Waals surface area contributed by atoms with Crippen molar-refractivity contribution < 1.29 is 0 Å². The van der Waals surface area contributed by atoms with Crippen LogP contribution in [0, 0.1) is 0 Å². The molecule has 0 saturated heterocycles. The monoisotopic (exact) mass is 878 g/mol. The summed E-state index contributed by atoms with van der Waals surface area (Å²) in [5, 5.41) is 2.53. The smallest absolute Gasteiger partial charge is 0.0714 e. The van der Waals surface area contributed by atoms with E-state index in [1.807, 2.05) is 0 Å². The lowest BCUT2D eigenvalue weighted by atomic mass is 9.67. The van der Waals surface area contributed by atoms with Gasteiger partial charge in [-0.3, -0.25) is 0 Å². The van der Waals surface area contributed by atoms with E-state index in [1.54, 1.807) is 0 Å². The summed E-state index contributed by atoms with van der Waals surface area (Å²) in [5.41, 5.74) is 21.1. The molecule has 12 aromatic rings. The molecule has 0 bridgehead atoms. The van der Waals surface area contributed by atoms with Crippen LogP contribution in [0.15, 0.2) is 279 Å². The number of para-hydroxylation sites is 2. The van der Waals surface area contributed by atoms with Crippen molar-refractivity contribution >= 4 is 38.9 Å². The molecular weight excluding hydrogens is 833 g/mol. The zero-order valence-electron chi connectivity index (χ0n) is 38.0. The van der Waals surface area contributed by atoms with Crippen LogP contribution in [-0.2, 0) is 5.41 Å². The molecule has 1 aliphatic carbocycles. The zero-order chi connectivity index (χ0) is 45.7. The fourth-order valence-electron chi connectivity index (χ4n) is 11.1. The minimum atomic E-state index is -0.513. The summed E-state index contributed by atoms with van der Waals surface area (Å²) in [5.74, 6) is 0. The molecule has 1 heterocycles. The van der Waals surface area contributed by atoms with E-state index in [-0.39, 0.29) is 0 Å². The SMILES string of the molecule is c1ccc(-c2ccc(-c3ccc(N(c4ccc(-c5ccc(-n6c7ccccc7c7ccccc76)cc5)cc4)c4cccc(C5(c6ccccc6)c6ccccc6-c6ccccc65)c4)cc3)cc2)cc1. The van der Waals surface area contributed by atoms with E-state index in [2.05, 4.69) is 289 Å². The van der Waals surface area contributed by atoms with Gasteiger partial charge in [-0.1, -0.05) is 218 Å². The highest BCUT2D eigenvalue weighted by atomic mass is 15.1. The van der Waals surface area contributed by atoms with Crippen LogP contribution in [0.4, 0.5) is 17.1 Å². The van der Waals surface area contributed by atoms with Crippen LogP contribution in [-0.4, -0.2) is 4.57 Å². The topological polar surface area (TPSA) is 8.17 Å². The Bertz CT molecular complexity index is 3690. The van der Waals surface area contributed by atoms with Crippen LogP contribution in [0.5, 0.6) is 0 Å². The lowest BCUT2D eigenvalue weighted by molar-refractivity contribution is 0.768. The maximum atomic E-state index is 2.42. The molecule has 13 rings (SSSR count). The largest absolute Gasteiger partial charge is 0.310 e. The first-order chi connectivity index (χ1) is 34.2. The molecule has 0 unspecified atom stereocenters. The van der Waals surface area contributed by atoms with Crippen LogP contribution in [0.2, 0.25) is 0 Å². The van der Waals surface area contributed by atoms with E-state index in [4.69, 9.17) is 0 Å². The third-order valence-electron chi connectivity index (χ3n) is 14.3. The zero-order valence-corrected chi connectivity index (χ0v) is 38.0. The number of hydrogen-bond acceptors (Lipinski definition) is 1. The quantitative estimate of drug-likeness (QED) is 0.140. The average Bonchev–Trinajstić information content (AvgIpc) is 3.93. The Labute approximate surface area is 403 Å². The van der Waals surface area contributed by atoms with Gasteiger partial charge in [0.05, 0.1) is 16.4 Å². The first kappa shape index (κ1) is 40.3. The second-order valence-electron chi connectivity index (χ2n) is 18.0. The summed E-state index contributed by atoms with van der Waals surface area (Å²) in [4.78, 5) is 2.41. The van der Waals surface area contributed by atoms with E-state index in [9.17, 15) is 0 Å². The standard InChI is InChI=1S/C67H46N2/c1-3-16-47(17-4-1)48-30-32-49(33-31-48)50-34-40-55(41-35-50)68(56-42-36-51(37-43-56)52-38-44-57(45-39-52)69-65-28-13-9-24-61(65)62-25-10-14-29-66(62)69)58-21-15-20-54(46-58)67(53-18-5-2-6-19-53)63-26-11-7-22-59(63)60-23-8-12-27-64(60)67/h1-46H. The Morgan fingerprint density at radius 2 is 0.667 bits per heavy atom. The van der Waals surface area contributed by atoms with E-state index < -0.39 is 5.41 Å². The van der Waals surface area contributed by atoms with Crippen molar-refractivity contribution in [3.05, 3.63) is 301 Å². The number of aromatic nitrogens is 1. The molecule has 0 amide bonds. The second kappa shape index (κ2) is 16.7. The van der Waals surface area contributed by atoms with Gasteiger partial charge in [0.1, 0.15) is 0 Å². The molecule has 1 aromatic heterocycles. The maximum absolute atomic E-state index is 2.42. The Morgan fingerprint density at radius 1 is 0.275 bits per heavy atom. The number of nitrogens with zero attached hydrogens (tertiary/aromatic N) is 2. The van der Waals surface area contributed by atoms with Crippen molar-refractivity contribution in [3.8, 4) is 50.2 Å². The third kappa shape index (κ3) is 6.72. The van der Waals surface area contributed by atoms with Crippen LogP contribution < -0.4 is 4.90 Å². The van der Waals surface area contributed by atoms with Crippen molar-refractivity contribution in [1.29, 1.82) is 0 Å². The van der Waals surface area contributed by atoms with Gasteiger partial charge in [-0.05, 0) is 127 Å². The first-order valence-corrected chi connectivity index (χ1v) is 23.8. The van der Waals surface area contributed by atoms with Crippen LogP contribution in [0.1, 0.15) is 22.3 Å². The fraction of sp³-hybridized carbons (Fsp3) is 0.0149. The van der Waals surface area contributed by atoms with Crippen LogP contribution in [0.25, 0.3) is 72.0 Å². The summed E-state index contributed by atoms with van der Waals surface area (Å²) < 4.78 is 2.37. The first-order valence-electron chi connectivity index (χ1n) is 23.8. The number of benzene rings is 11. The Morgan fingerprint density at radius 3 is 1.19 bits per heavy atom. The van der Waals surface area contributed by atoms with Gasteiger partial charge in [-0.2, -0.15) is 0 Å². The van der Waals surface area contributed by atoms with Crippen molar-refractivity contribution in [3.63, 3.8) is 0 Å². The van der Waals surface area contributed by atoms with Crippen molar-refractivity contribution in [2.24, 2.45) is 0 Å². The number of rotatable bonds is 9. The van der Waals surface area contributed by atoms with Gasteiger partial charge in [-0.25, -0.2) is 0 Å². The fourth-order valence-corrected chi connectivity index (χ4v) is 11.1. The molecule has 0 saturated carbocycles. The molecule has 0 radical (unpaired) electrons. The van der Waals surface area contributed by atoms with Gasteiger partial charge in [0.15, 0.2) is 0 Å². The molecule has 0 atom stereocenters. The van der Waals surface area contributed by atoms with E-state index in [1.165, 1.54) is 83.0 Å². The van der Waals surface area contributed by atoms with Gasteiger partial charge in [-0.15, -0.1) is 0 Å². The van der Waals surface area contributed by atoms with Gasteiger partial charge in [0.25, 0.3) is 0 Å². The van der Waals surface area contributed by atoms with Crippen molar-refractivity contribution in [2.75, 3.05) is 4.90 Å². The van der Waals surface area contributed by atoms with Gasteiger partial charge < -0.3 is 9.47 Å². The van der Waals surface area contributed by atoms with Crippen molar-refractivity contribution in [1.82, 2.24) is 4.57 Å². The average molecular weight is 879 g/mol. The van der Waals surface area contributed by atoms with E-state index in [0.717, 1.165) is 28.3 Å². The lowest BCUT2D eigenvalue weighted by Gasteiger charge is -2.35. The number of fused-ring (bicyclic) bond motifs is 6. The lowest BCUT2D eigenvalue weighted by Crippen LogP contribution is -2.28. The van der Waals surface area contributed by atoms with Crippen LogP contribution in [0.3, 0.4) is 0 Å². The number of hydrogen-bond donors (Lipinski definition) is 0. The summed E-state index contributed by atoms with van der Waals surface area (Å²) in [6, 6.07) is 102. The molecule has 2 heteroatoms. The molecule has 0 fully saturated rings. The minimum absolute atomic E-state index is 0.513. The molecule has 2 nitrogen and oxygen atoms in total. The highest BCUT2D eigenvalue weighted by molar-refractivity contribution is 6.09. The third-order valence-corrected chi connectivity index (χ3v) is 14.3.